The van der Waals surface area contributed by atoms with Crippen molar-refractivity contribution in [3.63, 3.8) is 0 Å². The average molecular weight is 368 g/mol. The molecule has 3 rings (SSSR count). The molecule has 2 aromatic rings. The number of rotatable bonds is 5. The lowest BCUT2D eigenvalue weighted by molar-refractivity contribution is -0.127. The highest BCUT2D eigenvalue weighted by Crippen LogP contribution is 2.34. The van der Waals surface area contributed by atoms with Crippen LogP contribution < -0.4 is 4.90 Å². The minimum Gasteiger partial charge on any atom is -0.504 e. The number of carbonyl (C=O) groups is 1. The van der Waals surface area contributed by atoms with Crippen LogP contribution in [0.2, 0.25) is 0 Å². The number of phenols is 2. The van der Waals surface area contributed by atoms with E-state index in [4.69, 9.17) is 0 Å². The van der Waals surface area contributed by atoms with E-state index in [0.717, 1.165) is 31.2 Å². The van der Waals surface area contributed by atoms with Gasteiger partial charge in [-0.2, -0.15) is 0 Å². The molecule has 1 amide bonds. The molecule has 0 radical (unpaired) electrons. The van der Waals surface area contributed by atoms with Crippen molar-refractivity contribution < 1.29 is 15.0 Å². The second kappa shape index (κ2) is 7.99. The Morgan fingerprint density at radius 2 is 1.85 bits per heavy atom. The predicted octanol–water partition coefficient (Wildman–Crippen LogP) is 4.43. The third-order valence-corrected chi connectivity index (χ3v) is 5.32. The third kappa shape index (κ3) is 4.41. The summed E-state index contributed by atoms with van der Waals surface area (Å²) in [5.41, 5.74) is 0.145. The van der Waals surface area contributed by atoms with Crippen molar-refractivity contribution in [2.45, 2.75) is 58.4 Å². The first-order chi connectivity index (χ1) is 12.9. The molecule has 2 N–H and O–H groups in total. The van der Waals surface area contributed by atoms with Crippen molar-refractivity contribution in [2.75, 3.05) is 4.90 Å². The van der Waals surface area contributed by atoms with Gasteiger partial charge in [-0.3, -0.25) is 9.69 Å². The van der Waals surface area contributed by atoms with Gasteiger partial charge in [-0.25, -0.2) is 4.98 Å². The number of nitrogens with zero attached hydrogens (tertiary/aromatic N) is 2. The Balaban J connectivity index is 1.88. The maximum atomic E-state index is 13.6. The molecule has 1 fully saturated rings. The summed E-state index contributed by atoms with van der Waals surface area (Å²) in [7, 11) is 0. The van der Waals surface area contributed by atoms with Crippen LogP contribution in [0.15, 0.2) is 42.6 Å². The highest BCUT2D eigenvalue weighted by molar-refractivity contribution is 5.97. The molecule has 1 aromatic carbocycles. The van der Waals surface area contributed by atoms with Crippen molar-refractivity contribution in [3.8, 4) is 11.5 Å². The number of hydrogen-bond acceptors (Lipinski definition) is 4. The summed E-state index contributed by atoms with van der Waals surface area (Å²) in [6.45, 7) is 3.86. The first-order valence-corrected chi connectivity index (χ1v) is 9.64. The van der Waals surface area contributed by atoms with E-state index >= 15 is 0 Å². The molecule has 0 atom stereocenters. The fourth-order valence-corrected chi connectivity index (χ4v) is 3.88. The Hall–Kier alpha value is -2.56. The van der Waals surface area contributed by atoms with Gasteiger partial charge in [-0.15, -0.1) is 0 Å². The van der Waals surface area contributed by atoms with Crippen LogP contribution in [-0.4, -0.2) is 27.1 Å². The van der Waals surface area contributed by atoms with E-state index in [9.17, 15) is 15.0 Å². The van der Waals surface area contributed by atoms with Crippen LogP contribution in [-0.2, 0) is 11.2 Å². The quantitative estimate of drug-likeness (QED) is 0.766. The molecule has 5 heteroatoms. The zero-order chi connectivity index (χ0) is 19.4. The van der Waals surface area contributed by atoms with Gasteiger partial charge < -0.3 is 10.2 Å². The van der Waals surface area contributed by atoms with E-state index in [1.165, 1.54) is 18.6 Å². The maximum absolute atomic E-state index is 13.6. The second-order valence-electron chi connectivity index (χ2n) is 8.04. The highest BCUT2D eigenvalue weighted by Gasteiger charge is 2.37. The Kier molecular flexibility index (Phi) is 5.68. The van der Waals surface area contributed by atoms with E-state index < -0.39 is 5.41 Å². The summed E-state index contributed by atoms with van der Waals surface area (Å²) >= 11 is 0. The van der Waals surface area contributed by atoms with E-state index in [2.05, 4.69) is 4.98 Å². The SMILES string of the molecule is CC(C)(Cc1ccc(O)c(O)c1)C(=O)N(c1ccccn1)C1CCCCC1. The standard InChI is InChI=1S/C22H28N2O3/c1-22(2,15-16-11-12-18(25)19(26)14-16)21(27)24(17-8-4-3-5-9-17)20-10-6-7-13-23-20/h6-7,10-14,17,25-26H,3-5,8-9,15H2,1-2H3. The zero-order valence-electron chi connectivity index (χ0n) is 16.1. The van der Waals surface area contributed by atoms with Gasteiger partial charge in [-0.05, 0) is 49.1 Å². The first kappa shape index (κ1) is 19.2. The molecular weight excluding hydrogens is 340 g/mol. The number of pyridine rings is 1. The van der Waals surface area contributed by atoms with Crippen molar-refractivity contribution in [3.05, 3.63) is 48.2 Å². The van der Waals surface area contributed by atoms with Gasteiger partial charge in [-0.1, -0.05) is 45.2 Å². The maximum Gasteiger partial charge on any atom is 0.234 e. The van der Waals surface area contributed by atoms with Gasteiger partial charge in [0.25, 0.3) is 0 Å². The molecule has 5 nitrogen and oxygen atoms in total. The molecule has 1 saturated carbocycles. The number of aromatic nitrogens is 1. The van der Waals surface area contributed by atoms with E-state index in [1.54, 1.807) is 12.3 Å². The average Bonchev–Trinajstić information content (AvgIpc) is 2.66. The van der Waals surface area contributed by atoms with E-state index in [-0.39, 0.29) is 23.4 Å². The third-order valence-electron chi connectivity index (χ3n) is 5.32. The molecule has 144 valence electrons. The molecule has 0 saturated heterocycles. The molecule has 1 heterocycles. The van der Waals surface area contributed by atoms with Gasteiger partial charge in [0.2, 0.25) is 5.91 Å². The second-order valence-corrected chi connectivity index (χ2v) is 8.04. The monoisotopic (exact) mass is 368 g/mol. The van der Waals surface area contributed by atoms with Crippen molar-refractivity contribution in [1.82, 2.24) is 4.98 Å². The highest BCUT2D eigenvalue weighted by atomic mass is 16.3. The fourth-order valence-electron chi connectivity index (χ4n) is 3.88. The number of anilines is 1. The number of hydrogen-bond donors (Lipinski definition) is 2. The van der Waals surface area contributed by atoms with Crippen LogP contribution in [0.3, 0.4) is 0 Å². The predicted molar refractivity (Wildman–Crippen MR) is 106 cm³/mol. The molecule has 1 aromatic heterocycles. The van der Waals surface area contributed by atoms with Crippen molar-refractivity contribution in [2.24, 2.45) is 5.41 Å². The Morgan fingerprint density at radius 3 is 2.48 bits per heavy atom. The van der Waals surface area contributed by atoms with E-state index in [0.29, 0.717) is 12.2 Å². The number of amides is 1. The van der Waals surface area contributed by atoms with Crippen molar-refractivity contribution in [1.29, 1.82) is 0 Å². The molecule has 1 aliphatic carbocycles. The first-order valence-electron chi connectivity index (χ1n) is 9.64. The molecule has 0 spiro atoms. The van der Waals surface area contributed by atoms with E-state index in [1.807, 2.05) is 36.9 Å². The largest absolute Gasteiger partial charge is 0.504 e. The van der Waals surface area contributed by atoms with Crippen LogP contribution in [0.5, 0.6) is 11.5 Å². The summed E-state index contributed by atoms with van der Waals surface area (Å²) in [4.78, 5) is 19.9. The topological polar surface area (TPSA) is 73.7 Å². The minimum absolute atomic E-state index is 0.0423. The summed E-state index contributed by atoms with van der Waals surface area (Å²) in [5, 5.41) is 19.3. The number of aromatic hydroxyl groups is 2. The zero-order valence-corrected chi connectivity index (χ0v) is 16.1. The summed E-state index contributed by atoms with van der Waals surface area (Å²) < 4.78 is 0. The Bertz CT molecular complexity index is 783. The summed E-state index contributed by atoms with van der Waals surface area (Å²) in [5.74, 6) is 0.432. The normalized spacial score (nSPS) is 15.5. The van der Waals surface area contributed by atoms with Crippen LogP contribution in [0.1, 0.15) is 51.5 Å². The molecular formula is C22H28N2O3. The number of benzene rings is 1. The van der Waals surface area contributed by atoms with Gasteiger partial charge in [0.15, 0.2) is 11.5 Å². The van der Waals surface area contributed by atoms with Crippen LogP contribution in [0.25, 0.3) is 0 Å². The van der Waals surface area contributed by atoms with Gasteiger partial charge >= 0.3 is 0 Å². The van der Waals surface area contributed by atoms with Gasteiger partial charge in [0, 0.05) is 17.7 Å². The Labute approximate surface area is 160 Å². The molecule has 27 heavy (non-hydrogen) atoms. The molecule has 0 unspecified atom stereocenters. The lowest BCUT2D eigenvalue weighted by Gasteiger charge is -2.38. The lowest BCUT2D eigenvalue weighted by Crippen LogP contribution is -2.49. The van der Waals surface area contributed by atoms with Gasteiger partial charge in [0.1, 0.15) is 5.82 Å². The summed E-state index contributed by atoms with van der Waals surface area (Å²) in [6, 6.07) is 10.6. The molecule has 0 aliphatic heterocycles. The summed E-state index contributed by atoms with van der Waals surface area (Å²) in [6.07, 6.45) is 7.67. The van der Waals surface area contributed by atoms with Crippen molar-refractivity contribution >= 4 is 11.7 Å². The van der Waals surface area contributed by atoms with Crippen LogP contribution >= 0.6 is 0 Å². The van der Waals surface area contributed by atoms with Crippen LogP contribution in [0, 0.1) is 5.41 Å². The minimum atomic E-state index is -0.668. The number of phenolic OH excluding ortho intramolecular Hbond substituents is 2. The lowest BCUT2D eigenvalue weighted by atomic mass is 9.82. The molecule has 0 bridgehead atoms. The smallest absolute Gasteiger partial charge is 0.234 e. The fraction of sp³-hybridized carbons (Fsp3) is 0.455. The van der Waals surface area contributed by atoms with Crippen LogP contribution in [0.4, 0.5) is 5.82 Å². The number of carbonyl (C=O) groups excluding carboxylic acids is 1. The van der Waals surface area contributed by atoms with Gasteiger partial charge in [0.05, 0.1) is 0 Å². The Morgan fingerprint density at radius 1 is 1.11 bits per heavy atom. The molecule has 1 aliphatic rings.